The van der Waals surface area contributed by atoms with Crippen molar-refractivity contribution in [2.45, 2.75) is 11.3 Å². The van der Waals surface area contributed by atoms with Gasteiger partial charge in [-0.3, -0.25) is 4.79 Å². The Morgan fingerprint density at radius 3 is 2.24 bits per heavy atom. The maximum absolute atomic E-state index is 12.9. The highest BCUT2D eigenvalue weighted by molar-refractivity contribution is 7.90. The van der Waals surface area contributed by atoms with Crippen LogP contribution in [0.5, 0.6) is 0 Å². The van der Waals surface area contributed by atoms with Gasteiger partial charge in [0.25, 0.3) is 10.0 Å². The van der Waals surface area contributed by atoms with Crippen molar-refractivity contribution < 1.29 is 22.7 Å². The monoisotopic (exact) mass is 409 g/mol. The highest BCUT2D eigenvalue weighted by Crippen LogP contribution is 2.20. The molecule has 2 aromatic carbocycles. The van der Waals surface area contributed by atoms with Crippen LogP contribution in [0, 0.1) is 0 Å². The molecule has 3 rings (SSSR count). The third-order valence-corrected chi connectivity index (χ3v) is 5.87. The van der Waals surface area contributed by atoms with Gasteiger partial charge in [0.2, 0.25) is 0 Å². The topological polar surface area (TPSA) is 82.4 Å². The standard InChI is InChI=1S/C22H19NO5S/c1-28-22(25)21-15-18(12-13-19(24)14-17-8-4-2-5-9-17)16-23(21)29(26,27)20-10-6-3-7-11-20/h2-13,15-16H,14H2,1H3. The molecule has 0 bridgehead atoms. The summed E-state index contributed by atoms with van der Waals surface area (Å²) in [5.74, 6) is -0.936. The molecule has 29 heavy (non-hydrogen) atoms. The lowest BCUT2D eigenvalue weighted by molar-refractivity contribution is -0.113. The van der Waals surface area contributed by atoms with E-state index in [2.05, 4.69) is 0 Å². The molecule has 0 radical (unpaired) electrons. The predicted molar refractivity (Wildman–Crippen MR) is 109 cm³/mol. The number of carbonyl (C=O) groups is 2. The number of ketones is 1. The second-order valence-electron chi connectivity index (χ2n) is 6.23. The fourth-order valence-electron chi connectivity index (χ4n) is 2.76. The van der Waals surface area contributed by atoms with Crippen LogP contribution in [0.1, 0.15) is 21.6 Å². The Hall–Kier alpha value is -3.45. The lowest BCUT2D eigenvalue weighted by Crippen LogP contribution is -2.18. The van der Waals surface area contributed by atoms with Gasteiger partial charge in [0, 0.05) is 12.6 Å². The Labute approximate surface area is 169 Å². The van der Waals surface area contributed by atoms with E-state index in [1.807, 2.05) is 30.3 Å². The second kappa shape index (κ2) is 8.70. The van der Waals surface area contributed by atoms with Crippen LogP contribution in [0.25, 0.3) is 6.08 Å². The van der Waals surface area contributed by atoms with Crippen molar-refractivity contribution in [1.29, 1.82) is 0 Å². The molecule has 1 aromatic heterocycles. The zero-order chi connectivity index (χ0) is 20.9. The number of allylic oxidation sites excluding steroid dienone is 1. The van der Waals surface area contributed by atoms with E-state index in [0.29, 0.717) is 5.56 Å². The lowest BCUT2D eigenvalue weighted by atomic mass is 10.1. The first-order valence-corrected chi connectivity index (χ1v) is 10.2. The molecule has 0 saturated carbocycles. The quantitative estimate of drug-likeness (QED) is 0.442. The third kappa shape index (κ3) is 4.70. The number of aromatic nitrogens is 1. The van der Waals surface area contributed by atoms with Crippen molar-refractivity contribution in [3.05, 3.63) is 95.8 Å². The molecule has 0 aliphatic carbocycles. The van der Waals surface area contributed by atoms with E-state index < -0.39 is 16.0 Å². The maximum atomic E-state index is 12.9. The summed E-state index contributed by atoms with van der Waals surface area (Å²) >= 11 is 0. The van der Waals surface area contributed by atoms with E-state index in [-0.39, 0.29) is 22.8 Å². The molecule has 0 aliphatic heterocycles. The van der Waals surface area contributed by atoms with Crippen LogP contribution in [0.2, 0.25) is 0 Å². The molecule has 6 nitrogen and oxygen atoms in total. The number of ether oxygens (including phenoxy) is 1. The van der Waals surface area contributed by atoms with E-state index in [9.17, 15) is 18.0 Å². The summed E-state index contributed by atoms with van der Waals surface area (Å²) in [5.41, 5.74) is 1.12. The highest BCUT2D eigenvalue weighted by Gasteiger charge is 2.24. The summed E-state index contributed by atoms with van der Waals surface area (Å²) in [5, 5.41) is 0. The van der Waals surface area contributed by atoms with E-state index in [1.54, 1.807) is 18.2 Å². The number of hydrogen-bond acceptors (Lipinski definition) is 5. The number of esters is 1. The Morgan fingerprint density at radius 1 is 1.00 bits per heavy atom. The maximum Gasteiger partial charge on any atom is 0.355 e. The minimum atomic E-state index is -3.99. The van der Waals surface area contributed by atoms with Crippen LogP contribution in [0.15, 0.2) is 83.9 Å². The van der Waals surface area contributed by atoms with Crippen LogP contribution >= 0.6 is 0 Å². The first kappa shape index (κ1) is 20.3. The average molecular weight is 409 g/mol. The normalized spacial score (nSPS) is 11.5. The fraction of sp³-hybridized carbons (Fsp3) is 0.0909. The number of methoxy groups -OCH3 is 1. The van der Waals surface area contributed by atoms with Crippen LogP contribution in [-0.2, 0) is 26.0 Å². The molecule has 148 valence electrons. The average Bonchev–Trinajstić information content (AvgIpc) is 3.18. The highest BCUT2D eigenvalue weighted by atomic mass is 32.2. The molecular formula is C22H19NO5S. The van der Waals surface area contributed by atoms with E-state index in [4.69, 9.17) is 4.74 Å². The Kier molecular flexibility index (Phi) is 6.09. The van der Waals surface area contributed by atoms with Crippen molar-refractivity contribution in [3.63, 3.8) is 0 Å². The van der Waals surface area contributed by atoms with Crippen molar-refractivity contribution >= 4 is 27.9 Å². The summed E-state index contributed by atoms with van der Waals surface area (Å²) in [6, 6.07) is 18.4. The summed E-state index contributed by atoms with van der Waals surface area (Å²) in [6.45, 7) is 0. The van der Waals surface area contributed by atoms with Crippen LogP contribution in [0.3, 0.4) is 0 Å². The molecule has 0 amide bonds. The summed E-state index contributed by atoms with van der Waals surface area (Å²) < 4.78 is 31.4. The van der Waals surface area contributed by atoms with E-state index in [0.717, 1.165) is 9.54 Å². The van der Waals surface area contributed by atoms with Crippen molar-refractivity contribution in [3.8, 4) is 0 Å². The molecule has 0 saturated heterocycles. The Morgan fingerprint density at radius 2 is 1.62 bits per heavy atom. The van der Waals surface area contributed by atoms with E-state index >= 15 is 0 Å². The number of hydrogen-bond donors (Lipinski definition) is 0. The van der Waals surface area contributed by atoms with Gasteiger partial charge < -0.3 is 4.74 Å². The lowest BCUT2D eigenvalue weighted by Gasteiger charge is -2.08. The predicted octanol–water partition coefficient (Wildman–Crippen LogP) is 3.34. The largest absolute Gasteiger partial charge is 0.464 e. The Balaban J connectivity index is 1.91. The SMILES string of the molecule is COC(=O)c1cc(C=CC(=O)Cc2ccccc2)cn1S(=O)(=O)c1ccccc1. The Bertz CT molecular complexity index is 1150. The van der Waals surface area contributed by atoms with Crippen LogP contribution in [-0.4, -0.2) is 31.3 Å². The fourth-order valence-corrected chi connectivity index (χ4v) is 4.13. The number of nitrogens with zero attached hydrogens (tertiary/aromatic N) is 1. The number of rotatable bonds is 7. The molecule has 0 aliphatic rings. The molecule has 7 heteroatoms. The van der Waals surface area contributed by atoms with Gasteiger partial charge in [-0.05, 0) is 41.5 Å². The molecule has 0 N–H and O–H groups in total. The molecular weight excluding hydrogens is 390 g/mol. The molecule has 0 fully saturated rings. The first-order chi connectivity index (χ1) is 13.9. The van der Waals surface area contributed by atoms with Gasteiger partial charge in [-0.15, -0.1) is 0 Å². The summed E-state index contributed by atoms with van der Waals surface area (Å²) in [7, 11) is -2.82. The number of carbonyl (C=O) groups excluding carboxylic acids is 2. The first-order valence-electron chi connectivity index (χ1n) is 8.78. The molecule has 1 heterocycles. The molecule has 0 atom stereocenters. The van der Waals surface area contributed by atoms with Gasteiger partial charge in [-0.1, -0.05) is 48.5 Å². The van der Waals surface area contributed by atoms with Crippen molar-refractivity contribution in [1.82, 2.24) is 3.97 Å². The molecule has 0 unspecified atom stereocenters. The van der Waals surface area contributed by atoms with Gasteiger partial charge in [-0.2, -0.15) is 0 Å². The molecule has 0 spiro atoms. The van der Waals surface area contributed by atoms with Gasteiger partial charge in [0.15, 0.2) is 5.78 Å². The van der Waals surface area contributed by atoms with Gasteiger partial charge in [-0.25, -0.2) is 17.2 Å². The van der Waals surface area contributed by atoms with E-state index in [1.165, 1.54) is 43.7 Å². The minimum absolute atomic E-state index is 0.0384. The zero-order valence-corrected chi connectivity index (χ0v) is 16.5. The van der Waals surface area contributed by atoms with Gasteiger partial charge >= 0.3 is 5.97 Å². The smallest absolute Gasteiger partial charge is 0.355 e. The molecule has 3 aromatic rings. The van der Waals surface area contributed by atoms with Crippen molar-refractivity contribution in [2.75, 3.05) is 7.11 Å². The summed E-state index contributed by atoms with van der Waals surface area (Å²) in [4.78, 5) is 24.3. The third-order valence-electron chi connectivity index (χ3n) is 4.18. The van der Waals surface area contributed by atoms with Crippen molar-refractivity contribution in [2.24, 2.45) is 0 Å². The number of benzene rings is 2. The van der Waals surface area contributed by atoms with Crippen LogP contribution < -0.4 is 0 Å². The zero-order valence-electron chi connectivity index (χ0n) is 15.7. The van der Waals surface area contributed by atoms with Gasteiger partial charge in [0.1, 0.15) is 5.69 Å². The summed E-state index contributed by atoms with van der Waals surface area (Å²) in [6.07, 6.45) is 4.36. The second-order valence-corrected chi connectivity index (χ2v) is 8.04. The van der Waals surface area contributed by atoms with Gasteiger partial charge in [0.05, 0.1) is 12.0 Å². The minimum Gasteiger partial charge on any atom is -0.464 e. The van der Waals surface area contributed by atoms with Crippen LogP contribution in [0.4, 0.5) is 0 Å².